The van der Waals surface area contributed by atoms with Crippen LogP contribution in [0.4, 0.5) is 17.1 Å². The number of anilines is 1. The highest BCUT2D eigenvalue weighted by Crippen LogP contribution is 2.39. The Labute approximate surface area is 178 Å². The van der Waals surface area contributed by atoms with E-state index in [0.29, 0.717) is 16.8 Å². The zero-order valence-electron chi connectivity index (χ0n) is 16.4. The molecule has 0 radical (unpaired) electrons. The van der Waals surface area contributed by atoms with Gasteiger partial charge in [0, 0.05) is 11.1 Å². The van der Waals surface area contributed by atoms with Gasteiger partial charge in [-0.3, -0.25) is 4.79 Å². The van der Waals surface area contributed by atoms with Crippen LogP contribution in [0.15, 0.2) is 100 Å². The van der Waals surface area contributed by atoms with E-state index in [0.717, 1.165) is 10.9 Å². The number of nitrogens with zero attached hydrogens (tertiary/aromatic N) is 3. The van der Waals surface area contributed by atoms with Crippen LogP contribution in [0.5, 0.6) is 5.75 Å². The van der Waals surface area contributed by atoms with E-state index in [1.807, 2.05) is 54.6 Å². The number of benzene rings is 4. The summed E-state index contributed by atoms with van der Waals surface area (Å²) in [5.74, 6) is -0.829. The van der Waals surface area contributed by atoms with Crippen LogP contribution < -0.4 is 11.2 Å². The fourth-order valence-corrected chi connectivity index (χ4v) is 3.01. The number of rotatable bonds is 5. The van der Waals surface area contributed by atoms with E-state index in [-0.39, 0.29) is 17.0 Å². The van der Waals surface area contributed by atoms with Crippen LogP contribution in [0, 0.1) is 0 Å². The molecule has 0 spiro atoms. The van der Waals surface area contributed by atoms with Crippen LogP contribution in [-0.4, -0.2) is 17.2 Å². The number of phenols is 1. The topological polar surface area (TPSA) is 112 Å². The van der Waals surface area contributed by atoms with Gasteiger partial charge in [-0.2, -0.15) is 10.2 Å². The van der Waals surface area contributed by atoms with Gasteiger partial charge >= 0.3 is 0 Å². The van der Waals surface area contributed by atoms with E-state index < -0.39 is 5.91 Å². The fourth-order valence-electron chi connectivity index (χ4n) is 3.01. The molecule has 4 N–H and O–H groups in total. The summed E-state index contributed by atoms with van der Waals surface area (Å²) < 4.78 is 0. The molecule has 4 aromatic rings. The minimum absolute atomic E-state index is 0.0511. The van der Waals surface area contributed by atoms with Crippen molar-refractivity contribution < 1.29 is 9.90 Å². The van der Waals surface area contributed by atoms with E-state index >= 15 is 0 Å². The minimum atomic E-state index is -0.556. The number of aromatic hydroxyl groups is 1. The van der Waals surface area contributed by atoms with Crippen LogP contribution in [0.25, 0.3) is 10.8 Å². The zero-order valence-corrected chi connectivity index (χ0v) is 16.4. The molecule has 152 valence electrons. The molecule has 0 saturated heterocycles. The first-order chi connectivity index (χ1) is 15.1. The molecule has 0 aliphatic rings. The van der Waals surface area contributed by atoms with Crippen LogP contribution in [0.1, 0.15) is 15.9 Å². The van der Waals surface area contributed by atoms with Gasteiger partial charge in [0.2, 0.25) is 0 Å². The van der Waals surface area contributed by atoms with Gasteiger partial charge in [-0.15, -0.1) is 5.11 Å². The molecule has 0 heterocycles. The molecule has 1 amide bonds. The first-order valence-corrected chi connectivity index (χ1v) is 9.52. The molecule has 0 unspecified atom stereocenters. The fraction of sp³-hybridized carbons (Fsp3) is 0. The highest BCUT2D eigenvalue weighted by atomic mass is 16.3. The molecule has 0 saturated carbocycles. The van der Waals surface area contributed by atoms with E-state index in [9.17, 15) is 9.90 Å². The number of fused-ring (bicyclic) bond motifs is 1. The van der Waals surface area contributed by atoms with Crippen LogP contribution in [-0.2, 0) is 0 Å². The van der Waals surface area contributed by atoms with Crippen molar-refractivity contribution in [1.29, 1.82) is 0 Å². The predicted molar refractivity (Wildman–Crippen MR) is 122 cm³/mol. The number of phenolic OH excluding ortho intramolecular Hbond substituents is 1. The SMILES string of the molecule is Nc1ccc(N=Nc2c(O)c(C(=O)N/N=C/c3ccccc3)cc3ccccc23)cc1. The van der Waals surface area contributed by atoms with Crippen molar-refractivity contribution >= 4 is 40.0 Å². The third-order valence-electron chi connectivity index (χ3n) is 4.58. The number of amides is 1. The summed E-state index contributed by atoms with van der Waals surface area (Å²) in [5.41, 5.74) is 10.4. The lowest BCUT2D eigenvalue weighted by molar-refractivity contribution is 0.0952. The van der Waals surface area contributed by atoms with Crippen molar-refractivity contribution in [2.45, 2.75) is 0 Å². The molecule has 4 rings (SSSR count). The average Bonchev–Trinajstić information content (AvgIpc) is 2.80. The van der Waals surface area contributed by atoms with Crippen molar-refractivity contribution in [3.8, 4) is 5.75 Å². The standard InChI is InChI=1S/C24H19N5O2/c25-18-10-12-19(13-11-18)27-28-22-20-9-5-4-8-17(20)14-21(23(22)30)24(31)29-26-15-16-6-2-1-3-7-16/h1-15,30H,25H2,(H,29,31)/b26-15+,28-27?. The maximum Gasteiger partial charge on any atom is 0.275 e. The van der Waals surface area contributed by atoms with Gasteiger partial charge in [-0.25, -0.2) is 5.43 Å². The Balaban J connectivity index is 1.67. The number of carbonyl (C=O) groups excluding carboxylic acids is 1. The normalized spacial score (nSPS) is 11.4. The Morgan fingerprint density at radius 3 is 2.39 bits per heavy atom. The molecule has 0 aliphatic carbocycles. The van der Waals surface area contributed by atoms with Gasteiger partial charge in [-0.05, 0) is 41.3 Å². The number of azo groups is 1. The predicted octanol–water partition coefficient (Wildman–Crippen LogP) is 5.31. The number of nitrogens with two attached hydrogens (primary N) is 1. The van der Waals surface area contributed by atoms with Crippen LogP contribution >= 0.6 is 0 Å². The number of nitrogens with one attached hydrogen (secondary N) is 1. The van der Waals surface area contributed by atoms with Crippen molar-refractivity contribution in [2.75, 3.05) is 5.73 Å². The molecule has 0 atom stereocenters. The van der Waals surface area contributed by atoms with Gasteiger partial charge in [0.25, 0.3) is 5.91 Å². The summed E-state index contributed by atoms with van der Waals surface area (Å²) in [4.78, 5) is 12.7. The quantitative estimate of drug-likeness (QED) is 0.180. The van der Waals surface area contributed by atoms with Gasteiger partial charge in [0.15, 0.2) is 5.75 Å². The second-order valence-corrected chi connectivity index (χ2v) is 6.74. The van der Waals surface area contributed by atoms with E-state index in [2.05, 4.69) is 20.8 Å². The zero-order chi connectivity index (χ0) is 21.6. The molecule has 4 aromatic carbocycles. The van der Waals surface area contributed by atoms with E-state index in [1.54, 1.807) is 30.3 Å². The highest BCUT2D eigenvalue weighted by Gasteiger charge is 2.18. The van der Waals surface area contributed by atoms with Crippen molar-refractivity contribution in [3.05, 3.63) is 96.1 Å². The third-order valence-corrected chi connectivity index (χ3v) is 4.58. The maximum atomic E-state index is 12.7. The summed E-state index contributed by atoms with van der Waals surface area (Å²) in [7, 11) is 0. The summed E-state index contributed by atoms with van der Waals surface area (Å²) in [5, 5.41) is 24.6. The number of hydrazone groups is 1. The highest BCUT2D eigenvalue weighted by molar-refractivity contribution is 6.06. The number of nitrogen functional groups attached to an aromatic ring is 1. The Morgan fingerprint density at radius 2 is 1.61 bits per heavy atom. The molecule has 0 aromatic heterocycles. The van der Waals surface area contributed by atoms with Gasteiger partial charge in [-0.1, -0.05) is 54.6 Å². The van der Waals surface area contributed by atoms with Crippen LogP contribution in [0.2, 0.25) is 0 Å². The molecule has 7 nitrogen and oxygen atoms in total. The Morgan fingerprint density at radius 1 is 0.903 bits per heavy atom. The first kappa shape index (κ1) is 19.8. The lowest BCUT2D eigenvalue weighted by Gasteiger charge is -2.09. The van der Waals surface area contributed by atoms with Crippen molar-refractivity contribution in [3.63, 3.8) is 0 Å². The Hall–Kier alpha value is -4.52. The monoisotopic (exact) mass is 409 g/mol. The van der Waals surface area contributed by atoms with E-state index in [1.165, 1.54) is 6.21 Å². The summed E-state index contributed by atoms with van der Waals surface area (Å²) in [6.07, 6.45) is 1.53. The van der Waals surface area contributed by atoms with E-state index in [4.69, 9.17) is 5.73 Å². The molecule has 31 heavy (non-hydrogen) atoms. The molecular weight excluding hydrogens is 390 g/mol. The summed E-state index contributed by atoms with van der Waals surface area (Å²) >= 11 is 0. The average molecular weight is 409 g/mol. The number of hydrogen-bond acceptors (Lipinski definition) is 6. The second-order valence-electron chi connectivity index (χ2n) is 6.74. The van der Waals surface area contributed by atoms with Crippen molar-refractivity contribution in [1.82, 2.24) is 5.43 Å². The number of carbonyl (C=O) groups is 1. The smallest absolute Gasteiger partial charge is 0.275 e. The first-order valence-electron chi connectivity index (χ1n) is 9.52. The number of hydrogen-bond donors (Lipinski definition) is 3. The molecular formula is C24H19N5O2. The Kier molecular flexibility index (Phi) is 5.66. The van der Waals surface area contributed by atoms with Gasteiger partial charge in [0.05, 0.1) is 17.5 Å². The Bertz CT molecular complexity index is 1280. The van der Waals surface area contributed by atoms with Gasteiger partial charge < -0.3 is 10.8 Å². The third kappa shape index (κ3) is 4.56. The summed E-state index contributed by atoms with van der Waals surface area (Å²) in [6.45, 7) is 0. The minimum Gasteiger partial charge on any atom is -0.505 e. The second kappa shape index (κ2) is 8.87. The van der Waals surface area contributed by atoms with Gasteiger partial charge in [0.1, 0.15) is 5.69 Å². The molecule has 0 aliphatic heterocycles. The molecule has 7 heteroatoms. The lowest BCUT2D eigenvalue weighted by Crippen LogP contribution is -2.17. The lowest BCUT2D eigenvalue weighted by atomic mass is 10.0. The molecule has 0 fully saturated rings. The largest absolute Gasteiger partial charge is 0.505 e. The van der Waals surface area contributed by atoms with Crippen LogP contribution in [0.3, 0.4) is 0 Å². The van der Waals surface area contributed by atoms with Crippen molar-refractivity contribution in [2.24, 2.45) is 15.3 Å². The summed E-state index contributed by atoms with van der Waals surface area (Å²) in [6, 6.07) is 25.1. The maximum absolute atomic E-state index is 12.7. The molecule has 0 bridgehead atoms.